The minimum atomic E-state index is -3.74. The number of nitrogens with zero attached hydrogens (tertiary/aromatic N) is 3. The van der Waals surface area contributed by atoms with Crippen molar-refractivity contribution in [3.8, 4) is 0 Å². The number of aromatic nitrogens is 2. The van der Waals surface area contributed by atoms with Gasteiger partial charge in [-0.2, -0.15) is 4.31 Å². The number of thiocarbonyl (C=S) groups is 1. The van der Waals surface area contributed by atoms with Gasteiger partial charge in [-0.05, 0) is 23.8 Å². The largest absolute Gasteiger partial charge is 0.388 e. The van der Waals surface area contributed by atoms with Gasteiger partial charge in [0.2, 0.25) is 10.0 Å². The monoisotopic (exact) mass is 322 g/mol. The zero-order valence-corrected chi connectivity index (χ0v) is 12.9. The quantitative estimate of drug-likeness (QED) is 0.824. The fraction of sp³-hybridized carbons (Fsp3) is 0.154. The SMILES string of the molecule is CN(Cc1cccnc1)S(=O)(=O)c1cccnc1C(N)=S. The van der Waals surface area contributed by atoms with Crippen LogP contribution >= 0.6 is 12.2 Å². The van der Waals surface area contributed by atoms with Crippen LogP contribution in [0, 0.1) is 0 Å². The van der Waals surface area contributed by atoms with Crippen LogP contribution in [0.25, 0.3) is 0 Å². The molecule has 8 heteroatoms. The summed E-state index contributed by atoms with van der Waals surface area (Å²) in [6.07, 6.45) is 4.70. The molecule has 0 atom stereocenters. The summed E-state index contributed by atoms with van der Waals surface area (Å²) in [5, 5.41) is 0. The van der Waals surface area contributed by atoms with Gasteiger partial charge in [0.15, 0.2) is 0 Å². The van der Waals surface area contributed by atoms with Crippen molar-refractivity contribution in [1.82, 2.24) is 14.3 Å². The molecule has 2 rings (SSSR count). The zero-order valence-electron chi connectivity index (χ0n) is 11.3. The molecule has 2 N–H and O–H groups in total. The molecule has 0 saturated carbocycles. The molecule has 0 amide bonds. The van der Waals surface area contributed by atoms with Crippen LogP contribution in [-0.2, 0) is 16.6 Å². The van der Waals surface area contributed by atoms with Gasteiger partial charge in [-0.3, -0.25) is 9.97 Å². The van der Waals surface area contributed by atoms with E-state index in [2.05, 4.69) is 9.97 Å². The minimum absolute atomic E-state index is 0.00360. The van der Waals surface area contributed by atoms with Crippen LogP contribution in [0.3, 0.4) is 0 Å². The highest BCUT2D eigenvalue weighted by Crippen LogP contribution is 2.19. The van der Waals surface area contributed by atoms with Gasteiger partial charge < -0.3 is 5.73 Å². The molecule has 0 aliphatic rings. The maximum atomic E-state index is 12.6. The molecule has 0 aliphatic heterocycles. The number of rotatable bonds is 5. The summed E-state index contributed by atoms with van der Waals surface area (Å²) in [5.41, 5.74) is 6.42. The molecule has 0 fully saturated rings. The van der Waals surface area contributed by atoms with Gasteiger partial charge >= 0.3 is 0 Å². The third-order valence-corrected chi connectivity index (χ3v) is 4.85. The molecule has 0 spiro atoms. The Hall–Kier alpha value is -1.90. The van der Waals surface area contributed by atoms with Gasteiger partial charge in [0, 0.05) is 32.2 Å². The van der Waals surface area contributed by atoms with Crippen LogP contribution in [0.15, 0.2) is 47.8 Å². The smallest absolute Gasteiger partial charge is 0.245 e. The molecular weight excluding hydrogens is 308 g/mol. The summed E-state index contributed by atoms with van der Waals surface area (Å²) >= 11 is 4.86. The number of hydrogen-bond donors (Lipinski definition) is 1. The maximum Gasteiger partial charge on any atom is 0.245 e. The molecule has 21 heavy (non-hydrogen) atoms. The first-order valence-electron chi connectivity index (χ1n) is 6.03. The normalized spacial score (nSPS) is 11.5. The molecule has 0 aliphatic carbocycles. The van der Waals surface area contributed by atoms with Crippen LogP contribution in [0.5, 0.6) is 0 Å². The molecule has 0 saturated heterocycles. The molecule has 6 nitrogen and oxygen atoms in total. The molecule has 0 aromatic carbocycles. The molecule has 2 heterocycles. The van der Waals surface area contributed by atoms with Crippen molar-refractivity contribution in [2.45, 2.75) is 11.4 Å². The highest BCUT2D eigenvalue weighted by molar-refractivity contribution is 7.89. The van der Waals surface area contributed by atoms with Gasteiger partial charge in [0.25, 0.3) is 0 Å². The maximum absolute atomic E-state index is 12.6. The lowest BCUT2D eigenvalue weighted by atomic mass is 10.3. The second kappa shape index (κ2) is 6.25. The molecule has 0 radical (unpaired) electrons. The van der Waals surface area contributed by atoms with Crippen LogP contribution in [0.4, 0.5) is 0 Å². The molecule has 2 aromatic rings. The third-order valence-electron chi connectivity index (χ3n) is 2.82. The van der Waals surface area contributed by atoms with Crippen LogP contribution < -0.4 is 5.73 Å². The van der Waals surface area contributed by atoms with E-state index in [0.717, 1.165) is 5.56 Å². The second-order valence-corrected chi connectivity index (χ2v) is 6.79. The van der Waals surface area contributed by atoms with E-state index in [-0.39, 0.29) is 22.1 Å². The second-order valence-electron chi connectivity index (χ2n) is 4.34. The van der Waals surface area contributed by atoms with E-state index in [1.807, 2.05) is 0 Å². The summed E-state index contributed by atoms with van der Waals surface area (Å²) < 4.78 is 26.4. The highest BCUT2D eigenvalue weighted by atomic mass is 32.2. The summed E-state index contributed by atoms with van der Waals surface area (Å²) in [5.74, 6) is 0. The lowest BCUT2D eigenvalue weighted by Crippen LogP contribution is -2.29. The Bertz CT molecular complexity index is 748. The van der Waals surface area contributed by atoms with Crippen molar-refractivity contribution in [3.05, 3.63) is 54.1 Å². The third kappa shape index (κ3) is 3.41. The molecule has 110 valence electrons. The topological polar surface area (TPSA) is 89.2 Å². The first-order chi connectivity index (χ1) is 9.93. The van der Waals surface area contributed by atoms with Gasteiger partial charge in [0.05, 0.1) is 0 Å². The lowest BCUT2D eigenvalue weighted by molar-refractivity contribution is 0.466. The average Bonchev–Trinajstić information content (AvgIpc) is 2.48. The van der Waals surface area contributed by atoms with Crippen molar-refractivity contribution >= 4 is 27.2 Å². The van der Waals surface area contributed by atoms with Crippen molar-refractivity contribution in [2.75, 3.05) is 7.05 Å². The molecular formula is C13H14N4O2S2. The van der Waals surface area contributed by atoms with Crippen molar-refractivity contribution in [1.29, 1.82) is 0 Å². The highest BCUT2D eigenvalue weighted by Gasteiger charge is 2.25. The number of nitrogens with two attached hydrogens (primary N) is 1. The zero-order chi connectivity index (χ0) is 15.5. The summed E-state index contributed by atoms with van der Waals surface area (Å²) in [6.45, 7) is 0.196. The fourth-order valence-electron chi connectivity index (χ4n) is 1.79. The van der Waals surface area contributed by atoms with Gasteiger partial charge in [-0.1, -0.05) is 18.3 Å². The Morgan fingerprint density at radius 3 is 2.67 bits per heavy atom. The Kier molecular flexibility index (Phi) is 4.61. The summed E-state index contributed by atoms with van der Waals surface area (Å²) in [7, 11) is -2.25. The standard InChI is InChI=1S/C13H14N4O2S2/c1-17(9-10-4-2-6-15-8-10)21(18,19)11-5-3-7-16-12(11)13(14)20/h2-8H,9H2,1H3,(H2,14,20). The Labute approximate surface area is 128 Å². The Morgan fingerprint density at radius 1 is 1.33 bits per heavy atom. The van der Waals surface area contributed by atoms with Crippen LogP contribution in [0.2, 0.25) is 0 Å². The van der Waals surface area contributed by atoms with Crippen molar-refractivity contribution in [2.24, 2.45) is 5.73 Å². The van der Waals surface area contributed by atoms with E-state index in [4.69, 9.17) is 18.0 Å². The van der Waals surface area contributed by atoms with Crippen molar-refractivity contribution < 1.29 is 8.42 Å². The van der Waals surface area contributed by atoms with Crippen molar-refractivity contribution in [3.63, 3.8) is 0 Å². The molecule has 0 unspecified atom stereocenters. The minimum Gasteiger partial charge on any atom is -0.388 e. The predicted molar refractivity (Wildman–Crippen MR) is 83.0 cm³/mol. The first kappa shape index (κ1) is 15.5. The predicted octanol–water partition coefficient (Wildman–Crippen LogP) is 0.932. The van der Waals surface area contributed by atoms with E-state index < -0.39 is 10.0 Å². The average molecular weight is 322 g/mol. The Morgan fingerprint density at radius 2 is 2.05 bits per heavy atom. The van der Waals surface area contributed by atoms with Gasteiger partial charge in [-0.15, -0.1) is 0 Å². The van der Waals surface area contributed by atoms with Gasteiger partial charge in [-0.25, -0.2) is 8.42 Å². The van der Waals surface area contributed by atoms with E-state index >= 15 is 0 Å². The van der Waals surface area contributed by atoms with Crippen LogP contribution in [-0.4, -0.2) is 34.7 Å². The number of hydrogen-bond acceptors (Lipinski definition) is 5. The van der Waals surface area contributed by atoms with E-state index in [0.29, 0.717) is 0 Å². The first-order valence-corrected chi connectivity index (χ1v) is 7.88. The summed E-state index contributed by atoms with van der Waals surface area (Å²) in [4.78, 5) is 7.86. The lowest BCUT2D eigenvalue weighted by Gasteiger charge is -2.18. The number of sulfonamides is 1. The fourth-order valence-corrected chi connectivity index (χ4v) is 3.32. The van der Waals surface area contributed by atoms with E-state index in [1.165, 1.54) is 29.7 Å². The summed E-state index contributed by atoms with van der Waals surface area (Å²) in [6, 6.07) is 6.53. The van der Waals surface area contributed by atoms with Gasteiger partial charge in [0.1, 0.15) is 15.6 Å². The molecule has 2 aromatic heterocycles. The molecule has 0 bridgehead atoms. The van der Waals surface area contributed by atoms with E-state index in [9.17, 15) is 8.42 Å². The van der Waals surface area contributed by atoms with Crippen LogP contribution in [0.1, 0.15) is 11.3 Å². The van der Waals surface area contributed by atoms with E-state index in [1.54, 1.807) is 24.5 Å². The number of pyridine rings is 2. The Balaban J connectivity index is 2.36.